The van der Waals surface area contributed by atoms with Crippen LogP contribution in [0, 0.1) is 11.8 Å². The lowest BCUT2D eigenvalue weighted by Gasteiger charge is -2.30. The zero-order chi connectivity index (χ0) is 13.0. The van der Waals surface area contributed by atoms with Crippen molar-refractivity contribution in [2.45, 2.75) is 78.4 Å². The SMILES string of the molecule is CC(C)C(C)(O)CCCCC(C)(O)C(C)C. The molecule has 0 heterocycles. The van der Waals surface area contributed by atoms with Gasteiger partial charge < -0.3 is 10.2 Å². The molecule has 2 nitrogen and oxygen atoms in total. The largest absolute Gasteiger partial charge is 0.390 e. The molecule has 0 bridgehead atoms. The van der Waals surface area contributed by atoms with Crippen LogP contribution in [0.5, 0.6) is 0 Å². The predicted octanol–water partition coefficient (Wildman–Crippen LogP) is 3.36. The third-order valence-corrected chi connectivity index (χ3v) is 4.10. The molecule has 0 rings (SSSR count). The van der Waals surface area contributed by atoms with Gasteiger partial charge in [-0.1, -0.05) is 40.5 Å². The predicted molar refractivity (Wildman–Crippen MR) is 69.4 cm³/mol. The summed E-state index contributed by atoms with van der Waals surface area (Å²) in [5.41, 5.74) is -1.13. The fourth-order valence-corrected chi connectivity index (χ4v) is 1.54. The van der Waals surface area contributed by atoms with E-state index in [1.807, 2.05) is 41.5 Å². The summed E-state index contributed by atoms with van der Waals surface area (Å²) in [6.07, 6.45) is 3.60. The first-order chi connectivity index (χ1) is 7.09. The molecule has 0 saturated heterocycles. The standard InChI is InChI=1S/C14H30O2/c1-11(2)13(5,15)9-7-8-10-14(6,16)12(3)4/h11-12,15-16H,7-10H2,1-6H3. The van der Waals surface area contributed by atoms with Crippen molar-refractivity contribution in [3.05, 3.63) is 0 Å². The third-order valence-electron chi connectivity index (χ3n) is 4.10. The molecule has 0 aliphatic heterocycles. The van der Waals surface area contributed by atoms with Gasteiger partial charge in [-0.2, -0.15) is 0 Å². The summed E-state index contributed by atoms with van der Waals surface area (Å²) >= 11 is 0. The summed E-state index contributed by atoms with van der Waals surface area (Å²) in [6, 6.07) is 0. The van der Waals surface area contributed by atoms with Crippen molar-refractivity contribution >= 4 is 0 Å². The Morgan fingerprint density at radius 3 is 1.19 bits per heavy atom. The molecule has 0 amide bonds. The van der Waals surface area contributed by atoms with E-state index in [4.69, 9.17) is 0 Å². The Morgan fingerprint density at radius 1 is 0.750 bits per heavy atom. The monoisotopic (exact) mass is 230 g/mol. The molecule has 0 fully saturated rings. The van der Waals surface area contributed by atoms with Crippen LogP contribution in [0.1, 0.15) is 67.2 Å². The number of hydrogen-bond donors (Lipinski definition) is 2. The van der Waals surface area contributed by atoms with E-state index in [2.05, 4.69) is 0 Å². The van der Waals surface area contributed by atoms with E-state index in [-0.39, 0.29) is 11.8 Å². The lowest BCUT2D eigenvalue weighted by atomic mass is 9.84. The Hall–Kier alpha value is -0.0800. The maximum absolute atomic E-state index is 10.1. The van der Waals surface area contributed by atoms with Crippen LogP contribution in [0.25, 0.3) is 0 Å². The quantitative estimate of drug-likeness (QED) is 0.658. The molecule has 16 heavy (non-hydrogen) atoms. The minimum atomic E-state index is -0.566. The van der Waals surface area contributed by atoms with Crippen molar-refractivity contribution in [2.24, 2.45) is 11.8 Å². The van der Waals surface area contributed by atoms with Crippen LogP contribution in [0.4, 0.5) is 0 Å². The van der Waals surface area contributed by atoms with Gasteiger partial charge in [-0.3, -0.25) is 0 Å². The second kappa shape index (κ2) is 6.02. The third kappa shape index (κ3) is 5.31. The van der Waals surface area contributed by atoms with Crippen molar-refractivity contribution in [2.75, 3.05) is 0 Å². The molecule has 98 valence electrons. The molecular weight excluding hydrogens is 200 g/mol. The minimum Gasteiger partial charge on any atom is -0.390 e. The smallest absolute Gasteiger partial charge is 0.0642 e. The summed E-state index contributed by atoms with van der Waals surface area (Å²) < 4.78 is 0. The van der Waals surface area contributed by atoms with E-state index in [1.54, 1.807) is 0 Å². The number of hydrogen-bond acceptors (Lipinski definition) is 2. The zero-order valence-corrected chi connectivity index (χ0v) is 11.9. The molecule has 0 radical (unpaired) electrons. The Morgan fingerprint density at radius 2 is 1.00 bits per heavy atom. The van der Waals surface area contributed by atoms with Crippen molar-refractivity contribution < 1.29 is 10.2 Å². The molecule has 0 aliphatic carbocycles. The van der Waals surface area contributed by atoms with Crippen LogP contribution in [-0.4, -0.2) is 21.4 Å². The Kier molecular flexibility index (Phi) is 5.99. The van der Waals surface area contributed by atoms with Gasteiger partial charge in [0.05, 0.1) is 11.2 Å². The van der Waals surface area contributed by atoms with Gasteiger partial charge in [-0.05, 0) is 38.5 Å². The lowest BCUT2D eigenvalue weighted by Crippen LogP contribution is -2.32. The molecule has 2 N–H and O–H groups in total. The van der Waals surface area contributed by atoms with Gasteiger partial charge in [0.25, 0.3) is 0 Å². The highest BCUT2D eigenvalue weighted by Crippen LogP contribution is 2.27. The van der Waals surface area contributed by atoms with E-state index < -0.39 is 11.2 Å². The Balaban J connectivity index is 3.85. The van der Waals surface area contributed by atoms with Gasteiger partial charge in [-0.25, -0.2) is 0 Å². The average molecular weight is 230 g/mol. The normalized spacial score (nSPS) is 19.9. The van der Waals surface area contributed by atoms with Crippen molar-refractivity contribution in [1.29, 1.82) is 0 Å². The highest BCUT2D eigenvalue weighted by molar-refractivity contribution is 4.79. The molecule has 0 aromatic carbocycles. The van der Waals surface area contributed by atoms with Crippen molar-refractivity contribution in [1.82, 2.24) is 0 Å². The first-order valence-corrected chi connectivity index (χ1v) is 6.54. The first kappa shape index (κ1) is 15.9. The van der Waals surface area contributed by atoms with E-state index >= 15 is 0 Å². The molecule has 0 spiro atoms. The molecular formula is C14H30O2. The van der Waals surface area contributed by atoms with Gasteiger partial charge in [-0.15, -0.1) is 0 Å². The van der Waals surface area contributed by atoms with E-state index in [0.29, 0.717) is 0 Å². The fraction of sp³-hybridized carbons (Fsp3) is 1.00. The number of rotatable bonds is 7. The summed E-state index contributed by atoms with van der Waals surface area (Å²) in [4.78, 5) is 0. The van der Waals surface area contributed by atoms with Gasteiger partial charge in [0.2, 0.25) is 0 Å². The zero-order valence-electron chi connectivity index (χ0n) is 11.9. The number of unbranched alkanes of at least 4 members (excludes halogenated alkanes) is 1. The topological polar surface area (TPSA) is 40.5 Å². The van der Waals surface area contributed by atoms with Gasteiger partial charge >= 0.3 is 0 Å². The van der Waals surface area contributed by atoms with Gasteiger partial charge in [0.15, 0.2) is 0 Å². The van der Waals surface area contributed by atoms with Crippen molar-refractivity contribution in [3.63, 3.8) is 0 Å². The van der Waals surface area contributed by atoms with Gasteiger partial charge in [0, 0.05) is 0 Å². The molecule has 0 aromatic rings. The Bertz CT molecular complexity index is 171. The van der Waals surface area contributed by atoms with E-state index in [9.17, 15) is 10.2 Å². The molecule has 2 atom stereocenters. The van der Waals surface area contributed by atoms with Crippen LogP contribution in [0.2, 0.25) is 0 Å². The van der Waals surface area contributed by atoms with Crippen LogP contribution in [0.3, 0.4) is 0 Å². The van der Waals surface area contributed by atoms with Crippen LogP contribution < -0.4 is 0 Å². The number of aliphatic hydroxyl groups is 2. The molecule has 0 aliphatic rings. The summed E-state index contributed by atoms with van der Waals surface area (Å²) in [5.74, 6) is 0.580. The fourth-order valence-electron chi connectivity index (χ4n) is 1.54. The molecule has 0 saturated carbocycles. The lowest BCUT2D eigenvalue weighted by molar-refractivity contribution is -0.0101. The minimum absolute atomic E-state index is 0.290. The molecule has 2 unspecified atom stereocenters. The second-order valence-electron chi connectivity index (χ2n) is 6.23. The van der Waals surface area contributed by atoms with Gasteiger partial charge in [0.1, 0.15) is 0 Å². The summed E-state index contributed by atoms with van der Waals surface area (Å²) in [7, 11) is 0. The summed E-state index contributed by atoms with van der Waals surface area (Å²) in [5, 5.41) is 20.1. The molecule has 0 aromatic heterocycles. The maximum atomic E-state index is 10.1. The van der Waals surface area contributed by atoms with E-state index in [1.165, 1.54) is 0 Å². The van der Waals surface area contributed by atoms with E-state index in [0.717, 1.165) is 25.7 Å². The average Bonchev–Trinajstić information content (AvgIpc) is 2.12. The molecule has 2 heteroatoms. The van der Waals surface area contributed by atoms with Crippen LogP contribution >= 0.6 is 0 Å². The summed E-state index contributed by atoms with van der Waals surface area (Å²) in [6.45, 7) is 12.0. The highest BCUT2D eigenvalue weighted by Gasteiger charge is 2.26. The van der Waals surface area contributed by atoms with Crippen LogP contribution in [-0.2, 0) is 0 Å². The first-order valence-electron chi connectivity index (χ1n) is 6.54. The van der Waals surface area contributed by atoms with Crippen molar-refractivity contribution in [3.8, 4) is 0 Å². The maximum Gasteiger partial charge on any atom is 0.0642 e. The highest BCUT2D eigenvalue weighted by atomic mass is 16.3. The second-order valence-corrected chi connectivity index (χ2v) is 6.23. The Labute approximate surface area is 101 Å². The van der Waals surface area contributed by atoms with Crippen LogP contribution in [0.15, 0.2) is 0 Å².